The third-order valence-corrected chi connectivity index (χ3v) is 8.37. The molecule has 2 atom stereocenters. The van der Waals surface area contributed by atoms with Crippen molar-refractivity contribution in [1.29, 1.82) is 0 Å². The van der Waals surface area contributed by atoms with Gasteiger partial charge in [-0.2, -0.15) is 0 Å². The predicted molar refractivity (Wildman–Crippen MR) is 164 cm³/mol. The Morgan fingerprint density at radius 2 is 1.80 bits per heavy atom. The topological polar surface area (TPSA) is 88.5 Å². The molecule has 1 fully saturated rings. The van der Waals surface area contributed by atoms with Crippen LogP contribution in [0.2, 0.25) is 0 Å². The van der Waals surface area contributed by atoms with Gasteiger partial charge in [0, 0.05) is 35.0 Å². The van der Waals surface area contributed by atoms with Crippen LogP contribution in [-0.4, -0.2) is 36.4 Å². The quantitative estimate of drug-likeness (QED) is 0.275. The first kappa shape index (κ1) is 27.7. The van der Waals surface area contributed by atoms with Gasteiger partial charge < -0.3 is 19.5 Å². The highest BCUT2D eigenvalue weighted by Crippen LogP contribution is 2.45. The maximum atomic E-state index is 11.9. The van der Waals surface area contributed by atoms with Crippen LogP contribution in [0, 0.1) is 27.7 Å². The minimum absolute atomic E-state index is 0.221. The van der Waals surface area contributed by atoms with Gasteiger partial charge in [-0.25, -0.2) is 8.42 Å². The molecule has 1 saturated heterocycles. The van der Waals surface area contributed by atoms with Gasteiger partial charge in [0.1, 0.15) is 5.75 Å². The molecule has 2 aromatic heterocycles. The summed E-state index contributed by atoms with van der Waals surface area (Å²) in [4.78, 5) is 6.74. The molecule has 0 amide bonds. The molecular weight excluding hydrogens is 542 g/mol. The van der Waals surface area contributed by atoms with Crippen molar-refractivity contribution in [2.75, 3.05) is 23.0 Å². The Morgan fingerprint density at radius 3 is 2.48 bits per heavy atom. The van der Waals surface area contributed by atoms with E-state index in [0.29, 0.717) is 16.5 Å². The Morgan fingerprint density at radius 1 is 1.02 bits per heavy atom. The number of methoxy groups -OCH3 is 1. The fourth-order valence-electron chi connectivity index (χ4n) is 5.50. The van der Waals surface area contributed by atoms with Crippen molar-refractivity contribution in [2.45, 2.75) is 39.8 Å². The summed E-state index contributed by atoms with van der Waals surface area (Å²) in [6.45, 7) is 8.53. The average molecular weight is 576 g/mol. The molecule has 1 aliphatic heterocycles. The second kappa shape index (κ2) is 10.6. The minimum Gasteiger partial charge on any atom is -0.494 e. The van der Waals surface area contributed by atoms with Crippen molar-refractivity contribution in [2.24, 2.45) is 0 Å². The number of sulfonamides is 1. The lowest BCUT2D eigenvalue weighted by atomic mass is 9.96. The number of nitrogens with one attached hydrogen (secondary N) is 2. The number of anilines is 2. The van der Waals surface area contributed by atoms with Gasteiger partial charge in [-0.1, -0.05) is 18.2 Å². The van der Waals surface area contributed by atoms with Crippen LogP contribution in [0.5, 0.6) is 5.75 Å². The Bertz CT molecular complexity index is 1700. The number of ether oxygens (including phenoxy) is 1. The van der Waals surface area contributed by atoms with Crippen LogP contribution >= 0.6 is 12.2 Å². The number of aromatic nitrogens is 2. The van der Waals surface area contributed by atoms with Crippen molar-refractivity contribution in [1.82, 2.24) is 14.9 Å². The number of rotatable bonds is 7. The van der Waals surface area contributed by atoms with Crippen LogP contribution in [0.4, 0.5) is 11.4 Å². The smallest absolute Gasteiger partial charge is 0.229 e. The van der Waals surface area contributed by atoms with Crippen LogP contribution in [-0.2, 0) is 10.0 Å². The molecule has 0 bridgehead atoms. The summed E-state index contributed by atoms with van der Waals surface area (Å²) in [5.74, 6) is 0.395. The lowest BCUT2D eigenvalue weighted by Crippen LogP contribution is -2.29. The third-order valence-electron chi connectivity index (χ3n) is 7.46. The van der Waals surface area contributed by atoms with E-state index in [4.69, 9.17) is 17.0 Å². The summed E-state index contributed by atoms with van der Waals surface area (Å²) in [5.41, 5.74) is 8.94. The fourth-order valence-corrected chi connectivity index (χ4v) is 6.41. The fraction of sp³-hybridized carbons (Fsp3) is 0.267. The van der Waals surface area contributed by atoms with Gasteiger partial charge in [0.2, 0.25) is 10.0 Å². The van der Waals surface area contributed by atoms with Gasteiger partial charge in [-0.05, 0) is 93.0 Å². The first-order chi connectivity index (χ1) is 19.0. The zero-order valence-electron chi connectivity index (χ0n) is 23.4. The second-order valence-corrected chi connectivity index (χ2v) is 12.3. The number of benzene rings is 2. The van der Waals surface area contributed by atoms with Crippen LogP contribution in [0.1, 0.15) is 45.9 Å². The molecule has 4 aromatic rings. The maximum absolute atomic E-state index is 11.9. The van der Waals surface area contributed by atoms with Gasteiger partial charge in [-0.15, -0.1) is 0 Å². The molecule has 3 heterocycles. The molecule has 2 N–H and O–H groups in total. The summed E-state index contributed by atoms with van der Waals surface area (Å²) in [7, 11) is -1.97. The van der Waals surface area contributed by atoms with Crippen molar-refractivity contribution in [3.8, 4) is 11.4 Å². The van der Waals surface area contributed by atoms with Crippen LogP contribution in [0.25, 0.3) is 5.69 Å². The molecule has 5 rings (SSSR count). The molecule has 208 valence electrons. The highest BCUT2D eigenvalue weighted by atomic mass is 32.2. The molecule has 0 spiro atoms. The van der Waals surface area contributed by atoms with E-state index in [1.54, 1.807) is 18.3 Å². The van der Waals surface area contributed by atoms with Gasteiger partial charge in [0.05, 0.1) is 36.8 Å². The van der Waals surface area contributed by atoms with Crippen molar-refractivity contribution >= 4 is 38.7 Å². The summed E-state index contributed by atoms with van der Waals surface area (Å²) >= 11 is 5.92. The van der Waals surface area contributed by atoms with Gasteiger partial charge in [0.15, 0.2) is 5.11 Å². The van der Waals surface area contributed by atoms with E-state index in [1.807, 2.05) is 24.3 Å². The molecule has 0 saturated carbocycles. The average Bonchev–Trinajstić information content (AvgIpc) is 3.40. The Kier molecular flexibility index (Phi) is 7.32. The molecule has 40 heavy (non-hydrogen) atoms. The van der Waals surface area contributed by atoms with Gasteiger partial charge in [0.25, 0.3) is 0 Å². The Labute approximate surface area is 241 Å². The molecule has 8 nitrogen and oxygen atoms in total. The highest BCUT2D eigenvalue weighted by Gasteiger charge is 2.42. The molecule has 1 aliphatic rings. The zero-order chi connectivity index (χ0) is 28.8. The number of aryl methyl sites for hydroxylation is 2. The van der Waals surface area contributed by atoms with E-state index in [-0.39, 0.29) is 12.1 Å². The molecule has 0 aliphatic carbocycles. The van der Waals surface area contributed by atoms with Crippen LogP contribution in [0.3, 0.4) is 0 Å². The molecule has 0 unspecified atom stereocenters. The van der Waals surface area contributed by atoms with Gasteiger partial charge >= 0.3 is 0 Å². The molecule has 2 aromatic carbocycles. The number of thiocarbonyl (C=S) groups is 1. The first-order valence-corrected chi connectivity index (χ1v) is 15.2. The Balaban J connectivity index is 1.68. The monoisotopic (exact) mass is 575 g/mol. The van der Waals surface area contributed by atoms with Gasteiger partial charge in [-0.3, -0.25) is 9.71 Å². The summed E-state index contributed by atoms with van der Waals surface area (Å²) < 4.78 is 34.2. The lowest BCUT2D eigenvalue weighted by molar-refractivity contribution is 0.417. The second-order valence-electron chi connectivity index (χ2n) is 10.1. The summed E-state index contributed by atoms with van der Waals surface area (Å²) in [5, 5.41) is 4.05. The van der Waals surface area contributed by atoms with Crippen LogP contribution < -0.4 is 19.7 Å². The predicted octanol–water partition coefficient (Wildman–Crippen LogP) is 5.66. The molecular formula is C30H33N5O3S2. The van der Waals surface area contributed by atoms with Crippen LogP contribution in [0.15, 0.2) is 66.9 Å². The Hall–Kier alpha value is -3.89. The standard InChI is InChI=1S/C30H33N5O3S2/c1-18-10-9-12-26(20(18)3)34-19(2)16-23(21(34)4)29-28(25-11-7-8-15-31-25)32-30(39)35(29)22-13-14-24(27(17-22)38-5)33-40(6,36)37/h7-17,28-29,33H,1-6H3,(H,32,39)/t28-,29-/m1/s1. The van der Waals surface area contributed by atoms with E-state index >= 15 is 0 Å². The zero-order valence-corrected chi connectivity index (χ0v) is 25.0. The number of hydrogen-bond donors (Lipinski definition) is 2. The maximum Gasteiger partial charge on any atom is 0.229 e. The lowest BCUT2D eigenvalue weighted by Gasteiger charge is -2.29. The normalized spacial score (nSPS) is 17.1. The molecule has 10 heteroatoms. The van der Waals surface area contributed by atoms with Crippen molar-refractivity contribution < 1.29 is 13.2 Å². The van der Waals surface area contributed by atoms with E-state index in [0.717, 1.165) is 40.3 Å². The van der Waals surface area contributed by atoms with Crippen molar-refractivity contribution in [3.05, 3.63) is 101 Å². The number of pyridine rings is 1. The van der Waals surface area contributed by atoms with E-state index in [1.165, 1.54) is 18.2 Å². The number of nitrogens with zero attached hydrogens (tertiary/aromatic N) is 3. The largest absolute Gasteiger partial charge is 0.494 e. The summed E-state index contributed by atoms with van der Waals surface area (Å²) in [6.07, 6.45) is 2.90. The minimum atomic E-state index is -3.48. The first-order valence-electron chi connectivity index (χ1n) is 12.9. The SMILES string of the molecule is COc1cc(N2C(=S)N[C@H](c3ccccn3)[C@H]2c2cc(C)n(-c3cccc(C)c3C)c2C)ccc1NS(C)(=O)=O. The molecule has 0 radical (unpaired) electrons. The van der Waals surface area contributed by atoms with E-state index < -0.39 is 10.0 Å². The highest BCUT2D eigenvalue weighted by molar-refractivity contribution is 7.92. The van der Waals surface area contributed by atoms with E-state index in [9.17, 15) is 8.42 Å². The summed E-state index contributed by atoms with van der Waals surface area (Å²) in [6, 6.07) is 19.4. The number of hydrogen-bond acceptors (Lipinski definition) is 5. The van der Waals surface area contributed by atoms with E-state index in [2.05, 4.69) is 76.5 Å². The van der Waals surface area contributed by atoms with Crippen molar-refractivity contribution in [3.63, 3.8) is 0 Å². The third kappa shape index (κ3) is 5.04.